The Kier molecular flexibility index (Phi) is 4.01. The summed E-state index contributed by atoms with van der Waals surface area (Å²) in [6.45, 7) is 1.91. The van der Waals surface area contributed by atoms with E-state index in [0.29, 0.717) is 0 Å². The number of fused-ring (bicyclic) bond motifs is 1. The standard InChI is InChI=1S/C18H17N3O/c1-13(16-10-4-5-12-19-16)20-18(22)21-17-11-6-8-14-7-2-3-9-15(14)17/h2-13H,1H3,(H2,20,21,22)/t13-/m0/s1. The van der Waals surface area contributed by atoms with E-state index < -0.39 is 0 Å². The highest BCUT2D eigenvalue weighted by Crippen LogP contribution is 2.23. The number of nitrogens with zero attached hydrogens (tertiary/aromatic N) is 1. The van der Waals surface area contributed by atoms with Crippen molar-refractivity contribution in [1.82, 2.24) is 10.3 Å². The van der Waals surface area contributed by atoms with Crippen LogP contribution in [0.5, 0.6) is 0 Å². The van der Waals surface area contributed by atoms with Gasteiger partial charge in [-0.15, -0.1) is 0 Å². The summed E-state index contributed by atoms with van der Waals surface area (Å²) in [4.78, 5) is 16.4. The van der Waals surface area contributed by atoms with Crippen LogP contribution >= 0.6 is 0 Å². The average Bonchev–Trinajstić information content (AvgIpc) is 2.56. The molecule has 4 heteroatoms. The number of carbonyl (C=O) groups excluding carboxylic acids is 1. The second-order valence-electron chi connectivity index (χ2n) is 5.10. The SMILES string of the molecule is C[C@H](NC(=O)Nc1cccc2ccccc12)c1ccccn1. The van der Waals surface area contributed by atoms with Crippen LogP contribution in [0.2, 0.25) is 0 Å². The minimum absolute atomic E-state index is 0.156. The first kappa shape index (κ1) is 14.1. The predicted molar refractivity (Wildman–Crippen MR) is 88.8 cm³/mol. The summed E-state index contributed by atoms with van der Waals surface area (Å²) in [6.07, 6.45) is 1.72. The van der Waals surface area contributed by atoms with E-state index in [0.717, 1.165) is 22.2 Å². The van der Waals surface area contributed by atoms with Gasteiger partial charge in [0.1, 0.15) is 0 Å². The van der Waals surface area contributed by atoms with E-state index in [1.165, 1.54) is 0 Å². The molecule has 0 unspecified atom stereocenters. The summed E-state index contributed by atoms with van der Waals surface area (Å²) in [7, 11) is 0. The molecular formula is C18H17N3O. The zero-order valence-electron chi connectivity index (χ0n) is 12.3. The maximum Gasteiger partial charge on any atom is 0.319 e. The lowest BCUT2D eigenvalue weighted by Crippen LogP contribution is -2.31. The topological polar surface area (TPSA) is 54.0 Å². The Morgan fingerprint density at radius 3 is 2.59 bits per heavy atom. The van der Waals surface area contributed by atoms with Crippen LogP contribution < -0.4 is 10.6 Å². The third-order valence-corrected chi connectivity index (χ3v) is 3.52. The third-order valence-electron chi connectivity index (χ3n) is 3.52. The zero-order chi connectivity index (χ0) is 15.4. The first-order valence-electron chi connectivity index (χ1n) is 7.20. The Balaban J connectivity index is 1.74. The minimum atomic E-state index is -0.241. The molecule has 0 saturated heterocycles. The lowest BCUT2D eigenvalue weighted by Gasteiger charge is -2.15. The monoisotopic (exact) mass is 291 g/mol. The smallest absolute Gasteiger partial charge is 0.319 e. The van der Waals surface area contributed by atoms with Crippen molar-refractivity contribution in [2.75, 3.05) is 5.32 Å². The number of benzene rings is 2. The molecule has 0 fully saturated rings. The number of aromatic nitrogens is 1. The molecule has 0 aliphatic carbocycles. The van der Waals surface area contributed by atoms with Crippen LogP contribution in [0.25, 0.3) is 10.8 Å². The Morgan fingerprint density at radius 1 is 1.00 bits per heavy atom. The van der Waals surface area contributed by atoms with Gasteiger partial charge >= 0.3 is 6.03 Å². The van der Waals surface area contributed by atoms with E-state index in [2.05, 4.69) is 15.6 Å². The normalized spacial score (nSPS) is 11.9. The molecule has 3 rings (SSSR count). The van der Waals surface area contributed by atoms with Crippen molar-refractivity contribution in [2.24, 2.45) is 0 Å². The molecule has 1 atom stereocenters. The molecule has 2 N–H and O–H groups in total. The molecule has 0 radical (unpaired) electrons. The highest BCUT2D eigenvalue weighted by atomic mass is 16.2. The molecule has 2 amide bonds. The fourth-order valence-corrected chi connectivity index (χ4v) is 2.40. The maximum atomic E-state index is 12.2. The second kappa shape index (κ2) is 6.26. The van der Waals surface area contributed by atoms with Gasteiger partial charge in [-0.3, -0.25) is 4.98 Å². The molecule has 1 heterocycles. The minimum Gasteiger partial charge on any atom is -0.330 e. The van der Waals surface area contributed by atoms with Crippen LogP contribution in [-0.2, 0) is 0 Å². The van der Waals surface area contributed by atoms with E-state index in [-0.39, 0.29) is 12.1 Å². The lowest BCUT2D eigenvalue weighted by atomic mass is 10.1. The predicted octanol–water partition coefficient (Wildman–Crippen LogP) is 4.12. The van der Waals surface area contributed by atoms with Gasteiger partial charge < -0.3 is 10.6 Å². The number of hydrogen-bond acceptors (Lipinski definition) is 2. The molecule has 3 aromatic rings. The first-order chi connectivity index (χ1) is 10.7. The van der Waals surface area contributed by atoms with Crippen molar-refractivity contribution >= 4 is 22.5 Å². The fourth-order valence-electron chi connectivity index (χ4n) is 2.40. The Morgan fingerprint density at radius 2 is 1.77 bits per heavy atom. The second-order valence-corrected chi connectivity index (χ2v) is 5.10. The maximum absolute atomic E-state index is 12.2. The van der Waals surface area contributed by atoms with Crippen molar-refractivity contribution < 1.29 is 4.79 Å². The summed E-state index contributed by atoms with van der Waals surface area (Å²) in [5, 5.41) is 7.92. The van der Waals surface area contributed by atoms with Crippen LogP contribution in [0.1, 0.15) is 18.7 Å². The van der Waals surface area contributed by atoms with Crippen molar-refractivity contribution in [3.63, 3.8) is 0 Å². The molecule has 110 valence electrons. The lowest BCUT2D eigenvalue weighted by molar-refractivity contribution is 0.249. The van der Waals surface area contributed by atoms with Gasteiger partial charge in [0.25, 0.3) is 0 Å². The van der Waals surface area contributed by atoms with Crippen molar-refractivity contribution in [1.29, 1.82) is 0 Å². The number of hydrogen-bond donors (Lipinski definition) is 2. The number of carbonyl (C=O) groups is 1. The molecule has 1 aromatic heterocycles. The molecular weight excluding hydrogens is 274 g/mol. The zero-order valence-corrected chi connectivity index (χ0v) is 12.3. The van der Waals surface area contributed by atoms with Crippen LogP contribution in [0.4, 0.5) is 10.5 Å². The summed E-state index contributed by atoms with van der Waals surface area (Å²) in [5.41, 5.74) is 1.62. The van der Waals surface area contributed by atoms with E-state index >= 15 is 0 Å². The quantitative estimate of drug-likeness (QED) is 0.762. The van der Waals surface area contributed by atoms with Crippen molar-refractivity contribution in [2.45, 2.75) is 13.0 Å². The Bertz CT molecular complexity index is 781. The van der Waals surface area contributed by atoms with E-state index in [4.69, 9.17) is 0 Å². The average molecular weight is 291 g/mol. The molecule has 4 nitrogen and oxygen atoms in total. The Hall–Kier alpha value is -2.88. The number of nitrogens with one attached hydrogen (secondary N) is 2. The molecule has 0 aliphatic heterocycles. The molecule has 22 heavy (non-hydrogen) atoms. The van der Waals surface area contributed by atoms with Gasteiger partial charge in [-0.05, 0) is 30.5 Å². The first-order valence-corrected chi connectivity index (χ1v) is 7.20. The van der Waals surface area contributed by atoms with E-state index in [1.54, 1.807) is 6.20 Å². The van der Waals surface area contributed by atoms with Gasteiger partial charge in [-0.1, -0.05) is 42.5 Å². The van der Waals surface area contributed by atoms with Crippen LogP contribution in [0, 0.1) is 0 Å². The number of rotatable bonds is 3. The van der Waals surface area contributed by atoms with Gasteiger partial charge in [0.15, 0.2) is 0 Å². The number of urea groups is 1. The summed E-state index contributed by atoms with van der Waals surface area (Å²) in [6, 6.07) is 19.1. The highest BCUT2D eigenvalue weighted by Gasteiger charge is 2.11. The number of amides is 2. The highest BCUT2D eigenvalue weighted by molar-refractivity contribution is 6.01. The fraction of sp³-hybridized carbons (Fsp3) is 0.111. The van der Waals surface area contributed by atoms with Crippen LogP contribution in [-0.4, -0.2) is 11.0 Å². The molecule has 2 aromatic carbocycles. The van der Waals surface area contributed by atoms with Gasteiger partial charge in [0.2, 0.25) is 0 Å². The van der Waals surface area contributed by atoms with Crippen LogP contribution in [0.3, 0.4) is 0 Å². The number of anilines is 1. The van der Waals surface area contributed by atoms with Gasteiger partial charge in [-0.25, -0.2) is 4.79 Å². The van der Waals surface area contributed by atoms with E-state index in [1.807, 2.05) is 67.6 Å². The third kappa shape index (κ3) is 3.06. The van der Waals surface area contributed by atoms with Gasteiger partial charge in [0, 0.05) is 11.6 Å². The molecule has 0 spiro atoms. The van der Waals surface area contributed by atoms with Crippen molar-refractivity contribution in [3.8, 4) is 0 Å². The molecule has 0 aliphatic rings. The number of pyridine rings is 1. The van der Waals surface area contributed by atoms with Gasteiger partial charge in [-0.2, -0.15) is 0 Å². The summed E-state index contributed by atoms with van der Waals surface area (Å²) in [5.74, 6) is 0. The van der Waals surface area contributed by atoms with Crippen molar-refractivity contribution in [3.05, 3.63) is 72.6 Å². The summed E-state index contributed by atoms with van der Waals surface area (Å²) < 4.78 is 0. The largest absolute Gasteiger partial charge is 0.330 e. The molecule has 0 saturated carbocycles. The van der Waals surface area contributed by atoms with Crippen LogP contribution in [0.15, 0.2) is 66.9 Å². The van der Waals surface area contributed by atoms with E-state index in [9.17, 15) is 4.79 Å². The van der Waals surface area contributed by atoms with Gasteiger partial charge in [0.05, 0.1) is 17.4 Å². The Labute approximate surface area is 129 Å². The summed E-state index contributed by atoms with van der Waals surface area (Å²) >= 11 is 0. The molecule has 0 bridgehead atoms.